The highest BCUT2D eigenvalue weighted by atomic mass is 79.9. The van der Waals surface area contributed by atoms with Crippen molar-refractivity contribution in [3.8, 4) is 0 Å². The first-order valence-corrected chi connectivity index (χ1v) is 5.30. The number of nitrogens with one attached hydrogen (secondary N) is 1. The third-order valence-corrected chi connectivity index (χ3v) is 3.17. The number of pyridine rings is 1. The number of hydrogen-bond donors (Lipinski definition) is 1. The number of H-pyrrole nitrogens is 1. The van der Waals surface area contributed by atoms with Crippen LogP contribution in [-0.2, 0) is 12.4 Å². The summed E-state index contributed by atoms with van der Waals surface area (Å²) in [5.41, 5.74) is -4.99. The van der Waals surface area contributed by atoms with E-state index in [2.05, 4.69) is 31.9 Å². The molecule has 0 aliphatic carbocycles. The van der Waals surface area contributed by atoms with Gasteiger partial charge in [-0.3, -0.25) is 4.79 Å². The normalized spacial score (nSPS) is 12.9. The van der Waals surface area contributed by atoms with Crippen molar-refractivity contribution in [1.82, 2.24) is 4.98 Å². The highest BCUT2D eigenvalue weighted by Gasteiger charge is 2.41. The lowest BCUT2D eigenvalue weighted by Crippen LogP contribution is -2.23. The van der Waals surface area contributed by atoms with Gasteiger partial charge in [0, 0.05) is 0 Å². The third kappa shape index (κ3) is 2.84. The first kappa shape index (κ1) is 14.6. The van der Waals surface area contributed by atoms with Crippen LogP contribution in [0.1, 0.15) is 11.4 Å². The van der Waals surface area contributed by atoms with Gasteiger partial charge in [-0.25, -0.2) is 0 Å². The van der Waals surface area contributed by atoms with Gasteiger partial charge in [-0.15, -0.1) is 0 Å². The fourth-order valence-electron chi connectivity index (χ4n) is 0.949. The Balaban J connectivity index is 3.69. The summed E-state index contributed by atoms with van der Waals surface area (Å²) in [5, 5.41) is 0. The highest BCUT2D eigenvalue weighted by Crippen LogP contribution is 2.37. The molecule has 0 spiro atoms. The summed E-state index contributed by atoms with van der Waals surface area (Å²) >= 11 is 4.61. The van der Waals surface area contributed by atoms with E-state index >= 15 is 0 Å². The minimum absolute atomic E-state index is 1.01. The summed E-state index contributed by atoms with van der Waals surface area (Å²) in [7, 11) is 0. The van der Waals surface area contributed by atoms with E-state index < -0.39 is 38.1 Å². The van der Waals surface area contributed by atoms with Gasteiger partial charge < -0.3 is 4.98 Å². The van der Waals surface area contributed by atoms with Crippen molar-refractivity contribution in [1.29, 1.82) is 0 Å². The Kier molecular flexibility index (Phi) is 3.68. The van der Waals surface area contributed by atoms with Gasteiger partial charge >= 0.3 is 12.4 Å². The SMILES string of the molecule is O=c1c(Br)c(C(F)(F)F)[nH]c(C(F)(F)F)c1Br. The summed E-state index contributed by atoms with van der Waals surface area (Å²) in [6, 6.07) is 0. The molecule has 0 saturated carbocycles. The van der Waals surface area contributed by atoms with E-state index in [9.17, 15) is 31.1 Å². The fraction of sp³-hybridized carbons (Fsp3) is 0.286. The molecule has 0 aliphatic heterocycles. The van der Waals surface area contributed by atoms with Gasteiger partial charge in [0.25, 0.3) is 0 Å². The Morgan fingerprint density at radius 1 is 0.824 bits per heavy atom. The number of aromatic amines is 1. The van der Waals surface area contributed by atoms with E-state index in [1.54, 1.807) is 0 Å². The number of rotatable bonds is 0. The van der Waals surface area contributed by atoms with Crippen LogP contribution in [0, 0.1) is 0 Å². The second kappa shape index (κ2) is 4.30. The average Bonchev–Trinajstić information content (AvgIpc) is 2.10. The van der Waals surface area contributed by atoms with E-state index in [1.807, 2.05) is 0 Å². The lowest BCUT2D eigenvalue weighted by molar-refractivity contribution is -0.151. The van der Waals surface area contributed by atoms with E-state index in [0.717, 1.165) is 4.98 Å². The quantitative estimate of drug-likeness (QED) is 0.671. The maximum Gasteiger partial charge on any atom is 0.432 e. The molecule has 1 N–H and O–H groups in total. The van der Waals surface area contributed by atoms with Crippen molar-refractivity contribution in [3.63, 3.8) is 0 Å². The lowest BCUT2D eigenvalue weighted by Gasteiger charge is -2.14. The molecule has 1 rings (SSSR count). The molecule has 0 unspecified atom stereocenters. The standard InChI is InChI=1S/C7HBr2F6NO/c8-1-3(17)2(9)5(7(13,14)15)16-4(1)6(10,11)12/h(H,16,17). The van der Waals surface area contributed by atoms with Gasteiger partial charge in [0.1, 0.15) is 11.4 Å². The van der Waals surface area contributed by atoms with Crippen LogP contribution in [0.25, 0.3) is 0 Å². The van der Waals surface area contributed by atoms with Gasteiger partial charge in [-0.05, 0) is 31.9 Å². The van der Waals surface area contributed by atoms with Crippen molar-refractivity contribution in [3.05, 3.63) is 30.6 Å². The largest absolute Gasteiger partial charge is 0.432 e. The molecule has 0 atom stereocenters. The van der Waals surface area contributed by atoms with Gasteiger partial charge in [0.15, 0.2) is 0 Å². The third-order valence-electron chi connectivity index (χ3n) is 1.65. The zero-order valence-corrected chi connectivity index (χ0v) is 10.6. The van der Waals surface area contributed by atoms with Crippen molar-refractivity contribution in [2.75, 3.05) is 0 Å². The van der Waals surface area contributed by atoms with E-state index in [0.29, 0.717) is 0 Å². The first-order valence-electron chi connectivity index (χ1n) is 3.72. The number of aromatic nitrogens is 1. The lowest BCUT2D eigenvalue weighted by atomic mass is 10.3. The molecule has 17 heavy (non-hydrogen) atoms. The van der Waals surface area contributed by atoms with Gasteiger partial charge in [0.2, 0.25) is 5.43 Å². The molecule has 0 bridgehead atoms. The molecule has 0 saturated heterocycles. The minimum atomic E-state index is -5.10. The van der Waals surface area contributed by atoms with Crippen LogP contribution < -0.4 is 5.43 Å². The molecular weight excluding hydrogens is 388 g/mol. The predicted molar refractivity (Wildman–Crippen MR) is 52.5 cm³/mol. The predicted octanol–water partition coefficient (Wildman–Crippen LogP) is 3.94. The van der Waals surface area contributed by atoms with E-state index in [1.165, 1.54) is 0 Å². The Bertz CT molecular complexity index is 462. The number of hydrogen-bond acceptors (Lipinski definition) is 1. The van der Waals surface area contributed by atoms with Crippen LogP contribution in [0.3, 0.4) is 0 Å². The van der Waals surface area contributed by atoms with Crippen molar-refractivity contribution < 1.29 is 26.3 Å². The first-order chi connectivity index (χ1) is 7.46. The van der Waals surface area contributed by atoms with Gasteiger partial charge in [0.05, 0.1) is 8.95 Å². The summed E-state index contributed by atoms with van der Waals surface area (Å²) in [6.45, 7) is 0. The maximum absolute atomic E-state index is 12.3. The smallest absolute Gasteiger partial charge is 0.345 e. The van der Waals surface area contributed by atoms with Crippen LogP contribution in [-0.4, -0.2) is 4.98 Å². The zero-order valence-electron chi connectivity index (χ0n) is 7.43. The Labute approximate surface area is 106 Å². The average molecular weight is 389 g/mol. The highest BCUT2D eigenvalue weighted by molar-refractivity contribution is 9.11. The molecule has 0 fully saturated rings. The van der Waals surface area contributed by atoms with Crippen molar-refractivity contribution >= 4 is 31.9 Å². The number of alkyl halides is 6. The topological polar surface area (TPSA) is 32.9 Å². The molecule has 1 aromatic heterocycles. The monoisotopic (exact) mass is 387 g/mol. The molecule has 0 radical (unpaired) electrons. The summed E-state index contributed by atoms with van der Waals surface area (Å²) in [4.78, 5) is 12.3. The fourth-order valence-corrected chi connectivity index (χ4v) is 2.26. The summed E-state index contributed by atoms with van der Waals surface area (Å²) < 4.78 is 72.1. The zero-order chi connectivity index (χ0) is 13.6. The summed E-state index contributed by atoms with van der Waals surface area (Å²) in [6.07, 6.45) is -10.2. The molecule has 1 heterocycles. The second-order valence-corrected chi connectivity index (χ2v) is 4.41. The van der Waals surface area contributed by atoms with E-state index in [4.69, 9.17) is 0 Å². The van der Waals surface area contributed by atoms with Crippen LogP contribution >= 0.6 is 31.9 Å². The molecule has 0 aromatic carbocycles. The molecule has 96 valence electrons. The molecule has 2 nitrogen and oxygen atoms in total. The Hall–Kier alpha value is -0.510. The van der Waals surface area contributed by atoms with Gasteiger partial charge in [-0.1, -0.05) is 0 Å². The summed E-state index contributed by atoms with van der Waals surface area (Å²) in [5.74, 6) is 0. The molecule has 0 aliphatic rings. The van der Waals surface area contributed by atoms with Crippen molar-refractivity contribution in [2.24, 2.45) is 0 Å². The Morgan fingerprint density at radius 3 is 1.35 bits per heavy atom. The van der Waals surface area contributed by atoms with Crippen LogP contribution in [0.15, 0.2) is 13.7 Å². The molecule has 0 amide bonds. The second-order valence-electron chi connectivity index (χ2n) is 2.83. The van der Waals surface area contributed by atoms with Crippen LogP contribution in [0.2, 0.25) is 0 Å². The molecule has 1 aromatic rings. The number of halogens is 8. The maximum atomic E-state index is 12.3. The van der Waals surface area contributed by atoms with Crippen LogP contribution in [0.4, 0.5) is 26.3 Å². The molecule has 10 heteroatoms. The van der Waals surface area contributed by atoms with E-state index in [-0.39, 0.29) is 0 Å². The Morgan fingerprint density at radius 2 is 1.12 bits per heavy atom. The van der Waals surface area contributed by atoms with Crippen LogP contribution in [0.5, 0.6) is 0 Å². The molecular formula is C7HBr2F6NO. The minimum Gasteiger partial charge on any atom is -0.345 e. The van der Waals surface area contributed by atoms with Gasteiger partial charge in [-0.2, -0.15) is 26.3 Å². The van der Waals surface area contributed by atoms with Crippen molar-refractivity contribution in [2.45, 2.75) is 12.4 Å².